The van der Waals surface area contributed by atoms with Crippen LogP contribution in [0, 0.1) is 0 Å². The summed E-state index contributed by atoms with van der Waals surface area (Å²) in [4.78, 5) is 25.3. The van der Waals surface area contributed by atoms with Gasteiger partial charge in [-0.25, -0.2) is 0 Å². The molecule has 0 saturated carbocycles. The predicted octanol–water partition coefficient (Wildman–Crippen LogP) is 17.2. The Hall–Kier alpha value is -3.44. The molecule has 0 fully saturated rings. The molecule has 0 aliphatic heterocycles. The van der Waals surface area contributed by atoms with E-state index in [4.69, 9.17) is 14.2 Å². The molecule has 352 valence electrons. The number of carbonyl (C=O) groups excluding carboxylic acids is 2. The summed E-state index contributed by atoms with van der Waals surface area (Å²) in [6.45, 7) is 7.42. The van der Waals surface area contributed by atoms with E-state index in [9.17, 15) is 9.59 Å². The maximum absolute atomic E-state index is 12.7. The van der Waals surface area contributed by atoms with E-state index in [2.05, 4.69) is 124 Å². The van der Waals surface area contributed by atoms with Gasteiger partial charge >= 0.3 is 11.9 Å². The minimum Gasteiger partial charge on any atom is -0.462 e. The predicted molar refractivity (Wildman–Crippen MR) is 269 cm³/mol. The summed E-state index contributed by atoms with van der Waals surface area (Å²) in [6.07, 6.45) is 71.2. The largest absolute Gasteiger partial charge is 0.462 e. The molecule has 0 aromatic heterocycles. The van der Waals surface area contributed by atoms with Crippen LogP contribution < -0.4 is 0 Å². The zero-order valence-corrected chi connectivity index (χ0v) is 40.3. The number of unbranched alkanes of at least 4 members (excludes halogenated alkanes) is 16. The maximum Gasteiger partial charge on any atom is 0.306 e. The molecular weight excluding hydrogens is 765 g/mol. The fourth-order valence-corrected chi connectivity index (χ4v) is 6.61. The van der Waals surface area contributed by atoms with Crippen LogP contribution in [-0.4, -0.2) is 37.9 Å². The third-order valence-corrected chi connectivity index (χ3v) is 10.3. The van der Waals surface area contributed by atoms with Crippen molar-refractivity contribution in [2.45, 2.75) is 219 Å². The van der Waals surface area contributed by atoms with Crippen LogP contribution in [0.25, 0.3) is 0 Å². The van der Waals surface area contributed by atoms with E-state index in [-0.39, 0.29) is 31.6 Å². The SMILES string of the molecule is CC/C=C\C/C=C\C/C=C\C/C=C\C/C=C\CCCCOCC(COC(=O)CCCCCCCCCCCCCCCCC)OC(=O)CC/C=C\C/C=C\C/C=C\C/C=C\CC. The number of hydrogen-bond acceptors (Lipinski definition) is 5. The Balaban J connectivity index is 4.43. The summed E-state index contributed by atoms with van der Waals surface area (Å²) in [7, 11) is 0. The fourth-order valence-electron chi connectivity index (χ4n) is 6.61. The van der Waals surface area contributed by atoms with Crippen molar-refractivity contribution in [3.63, 3.8) is 0 Å². The minimum absolute atomic E-state index is 0.0350. The van der Waals surface area contributed by atoms with E-state index in [0.29, 0.717) is 19.4 Å². The van der Waals surface area contributed by atoms with Crippen molar-refractivity contribution in [2.24, 2.45) is 0 Å². The quantitative estimate of drug-likeness (QED) is 0.0347. The number of carbonyl (C=O) groups is 2. The van der Waals surface area contributed by atoms with E-state index in [1.807, 2.05) is 6.08 Å². The van der Waals surface area contributed by atoms with Gasteiger partial charge in [0.1, 0.15) is 6.61 Å². The highest BCUT2D eigenvalue weighted by molar-refractivity contribution is 5.70. The van der Waals surface area contributed by atoms with E-state index < -0.39 is 6.10 Å². The fraction of sp³-hybridized carbons (Fsp3) is 0.649. The molecule has 0 N–H and O–H groups in total. The molecule has 1 atom stereocenters. The summed E-state index contributed by atoms with van der Waals surface area (Å²) < 4.78 is 17.3. The van der Waals surface area contributed by atoms with Crippen LogP contribution in [0.3, 0.4) is 0 Å². The average molecular weight is 859 g/mol. The van der Waals surface area contributed by atoms with Crippen molar-refractivity contribution in [2.75, 3.05) is 19.8 Å². The first-order valence-corrected chi connectivity index (χ1v) is 25.4. The van der Waals surface area contributed by atoms with Gasteiger partial charge in [0.05, 0.1) is 6.61 Å². The molecule has 0 rings (SSSR count). The summed E-state index contributed by atoms with van der Waals surface area (Å²) in [5.41, 5.74) is 0. The number of hydrogen-bond donors (Lipinski definition) is 0. The molecule has 0 saturated heterocycles. The van der Waals surface area contributed by atoms with Crippen molar-refractivity contribution in [3.8, 4) is 0 Å². The van der Waals surface area contributed by atoms with Gasteiger partial charge in [-0.1, -0.05) is 220 Å². The van der Waals surface area contributed by atoms with Crippen LogP contribution in [0.1, 0.15) is 213 Å². The van der Waals surface area contributed by atoms with Crippen molar-refractivity contribution in [1.29, 1.82) is 0 Å². The molecule has 0 aliphatic carbocycles. The molecular formula is C57H94O5. The molecule has 5 heteroatoms. The molecule has 0 spiro atoms. The highest BCUT2D eigenvalue weighted by Gasteiger charge is 2.17. The van der Waals surface area contributed by atoms with Crippen LogP contribution in [-0.2, 0) is 23.8 Å². The lowest BCUT2D eigenvalue weighted by atomic mass is 10.0. The average Bonchev–Trinajstić information content (AvgIpc) is 3.27. The Kier molecular flexibility index (Phi) is 49.0. The van der Waals surface area contributed by atoms with Gasteiger partial charge in [-0.3, -0.25) is 9.59 Å². The van der Waals surface area contributed by atoms with Crippen LogP contribution in [0.5, 0.6) is 0 Å². The standard InChI is InChI=1S/C57H94O5/c1-4-7-10-13-16-19-22-25-27-28-29-31-34-37-40-43-46-49-52-60-53-55(62-57(59)51-48-45-42-39-36-32-24-21-18-15-12-9-6-3)54-61-56(58)50-47-44-41-38-35-33-30-26-23-20-17-14-11-8-5-2/h7,9-10,12,16,18-19,21,25,27,29,31-32,36-37,40,42,45,55H,4-6,8,11,13-15,17,20,22-24,26,28,30,33-35,38-39,41,43-44,46-54H2,1-3H3/b10-7-,12-9-,19-16-,21-18-,27-25-,31-29-,36-32-,40-37-,45-42-. The monoisotopic (exact) mass is 859 g/mol. The van der Waals surface area contributed by atoms with Gasteiger partial charge in [0.15, 0.2) is 6.10 Å². The van der Waals surface area contributed by atoms with Gasteiger partial charge in [0.25, 0.3) is 0 Å². The van der Waals surface area contributed by atoms with Crippen molar-refractivity contribution < 1.29 is 23.8 Å². The topological polar surface area (TPSA) is 61.8 Å². The summed E-state index contributed by atoms with van der Waals surface area (Å²) >= 11 is 0. The lowest BCUT2D eigenvalue weighted by molar-refractivity contribution is -0.162. The Morgan fingerprint density at radius 3 is 1.19 bits per heavy atom. The highest BCUT2D eigenvalue weighted by Crippen LogP contribution is 2.14. The summed E-state index contributed by atoms with van der Waals surface area (Å²) in [6, 6.07) is 0. The second-order valence-corrected chi connectivity index (χ2v) is 16.3. The second kappa shape index (κ2) is 51.9. The van der Waals surface area contributed by atoms with Gasteiger partial charge < -0.3 is 14.2 Å². The normalized spacial score (nSPS) is 13.1. The first kappa shape index (κ1) is 58.6. The van der Waals surface area contributed by atoms with E-state index in [1.54, 1.807) is 0 Å². The third kappa shape index (κ3) is 49.2. The Morgan fingerprint density at radius 1 is 0.371 bits per heavy atom. The zero-order chi connectivity index (χ0) is 44.9. The molecule has 5 nitrogen and oxygen atoms in total. The molecule has 0 amide bonds. The molecule has 1 unspecified atom stereocenters. The number of allylic oxidation sites excluding steroid dienone is 18. The maximum atomic E-state index is 12.7. The number of esters is 2. The lowest BCUT2D eigenvalue weighted by Crippen LogP contribution is -2.30. The Labute approximate surface area is 383 Å². The van der Waals surface area contributed by atoms with E-state index >= 15 is 0 Å². The van der Waals surface area contributed by atoms with Crippen LogP contribution in [0.2, 0.25) is 0 Å². The van der Waals surface area contributed by atoms with Crippen molar-refractivity contribution in [1.82, 2.24) is 0 Å². The summed E-state index contributed by atoms with van der Waals surface area (Å²) in [5, 5.41) is 0. The lowest BCUT2D eigenvalue weighted by Gasteiger charge is -2.18. The summed E-state index contributed by atoms with van der Waals surface area (Å²) in [5.74, 6) is -0.518. The second-order valence-electron chi connectivity index (χ2n) is 16.3. The van der Waals surface area contributed by atoms with Gasteiger partial charge in [0.2, 0.25) is 0 Å². The van der Waals surface area contributed by atoms with Gasteiger partial charge in [0, 0.05) is 19.4 Å². The van der Waals surface area contributed by atoms with Gasteiger partial charge in [-0.2, -0.15) is 0 Å². The van der Waals surface area contributed by atoms with Crippen molar-refractivity contribution in [3.05, 3.63) is 109 Å². The zero-order valence-electron chi connectivity index (χ0n) is 40.3. The smallest absolute Gasteiger partial charge is 0.306 e. The molecule has 0 aliphatic rings. The molecule has 0 heterocycles. The van der Waals surface area contributed by atoms with E-state index in [1.165, 1.54) is 83.5 Å². The van der Waals surface area contributed by atoms with Gasteiger partial charge in [-0.05, 0) is 89.9 Å². The molecule has 0 aromatic carbocycles. The highest BCUT2D eigenvalue weighted by atomic mass is 16.6. The first-order valence-electron chi connectivity index (χ1n) is 25.4. The molecule has 0 radical (unpaired) electrons. The Morgan fingerprint density at radius 2 is 0.758 bits per heavy atom. The Bertz CT molecular complexity index is 1250. The van der Waals surface area contributed by atoms with Crippen molar-refractivity contribution >= 4 is 11.9 Å². The minimum atomic E-state index is -0.601. The molecule has 62 heavy (non-hydrogen) atoms. The van der Waals surface area contributed by atoms with Crippen LogP contribution >= 0.6 is 0 Å². The van der Waals surface area contributed by atoms with Crippen LogP contribution in [0.4, 0.5) is 0 Å². The van der Waals surface area contributed by atoms with E-state index in [0.717, 1.165) is 89.9 Å². The number of ether oxygens (including phenoxy) is 3. The van der Waals surface area contributed by atoms with Crippen LogP contribution in [0.15, 0.2) is 109 Å². The third-order valence-electron chi connectivity index (χ3n) is 10.3. The number of rotatable bonds is 45. The molecule has 0 bridgehead atoms. The van der Waals surface area contributed by atoms with Gasteiger partial charge in [-0.15, -0.1) is 0 Å². The molecule has 0 aromatic rings. The first-order chi connectivity index (χ1) is 30.6.